The summed E-state index contributed by atoms with van der Waals surface area (Å²) < 4.78 is 0. The summed E-state index contributed by atoms with van der Waals surface area (Å²) >= 11 is 0. The van der Waals surface area contributed by atoms with Gasteiger partial charge in [-0.15, -0.1) is 0 Å². The number of rotatable bonds is 3. The standard InChI is InChI=1S/C42H34N4/c1-41(2)30-14-6-10-18-35(30)45(36-19-11-7-15-31(36)41)39-24-22-28(26-34(39)43-5)29-23-25-40(44-27-29)46-37-20-12-8-16-32(37)42(3,4)33-17-9-13-21-38(33)46/h6-27H,1-4H3. The summed E-state index contributed by atoms with van der Waals surface area (Å²) in [5.41, 5.74) is 12.7. The van der Waals surface area contributed by atoms with E-state index in [0.717, 1.165) is 45.4 Å². The molecule has 8 rings (SSSR count). The van der Waals surface area contributed by atoms with Crippen molar-refractivity contribution in [2.45, 2.75) is 38.5 Å². The number of pyridine rings is 1. The number of benzene rings is 5. The van der Waals surface area contributed by atoms with E-state index in [0.29, 0.717) is 5.69 Å². The molecule has 0 unspecified atom stereocenters. The first kappa shape index (κ1) is 27.9. The van der Waals surface area contributed by atoms with Crippen molar-refractivity contribution in [2.24, 2.45) is 0 Å². The van der Waals surface area contributed by atoms with Gasteiger partial charge in [0.05, 0.1) is 23.6 Å². The molecule has 46 heavy (non-hydrogen) atoms. The van der Waals surface area contributed by atoms with Crippen LogP contribution in [0, 0.1) is 6.57 Å². The zero-order chi connectivity index (χ0) is 31.6. The van der Waals surface area contributed by atoms with E-state index in [1.54, 1.807) is 0 Å². The van der Waals surface area contributed by atoms with Crippen molar-refractivity contribution >= 4 is 39.9 Å². The van der Waals surface area contributed by atoms with Gasteiger partial charge in [0.2, 0.25) is 5.69 Å². The molecule has 0 aliphatic carbocycles. The summed E-state index contributed by atoms with van der Waals surface area (Å²) in [6.07, 6.45) is 1.93. The van der Waals surface area contributed by atoms with E-state index in [-0.39, 0.29) is 10.8 Å². The maximum Gasteiger partial charge on any atom is 0.211 e. The third-order valence-corrected chi connectivity index (χ3v) is 9.92. The lowest BCUT2D eigenvalue weighted by Gasteiger charge is -2.42. The molecule has 2 aliphatic heterocycles. The average Bonchev–Trinajstić information content (AvgIpc) is 3.09. The maximum atomic E-state index is 8.22. The Morgan fingerprint density at radius 3 is 1.37 bits per heavy atom. The molecule has 4 heteroatoms. The zero-order valence-electron chi connectivity index (χ0n) is 26.5. The van der Waals surface area contributed by atoms with Crippen molar-refractivity contribution in [1.29, 1.82) is 0 Å². The second-order valence-electron chi connectivity index (χ2n) is 13.2. The molecule has 0 bridgehead atoms. The molecule has 4 nitrogen and oxygen atoms in total. The van der Waals surface area contributed by atoms with Gasteiger partial charge in [-0.2, -0.15) is 0 Å². The second kappa shape index (κ2) is 10.2. The third-order valence-electron chi connectivity index (χ3n) is 9.92. The van der Waals surface area contributed by atoms with Crippen molar-refractivity contribution in [2.75, 3.05) is 9.80 Å². The molecule has 222 valence electrons. The first-order chi connectivity index (χ1) is 22.3. The van der Waals surface area contributed by atoms with E-state index >= 15 is 0 Å². The Bertz CT molecular complexity index is 2090. The van der Waals surface area contributed by atoms with Gasteiger partial charge in [-0.3, -0.25) is 4.90 Å². The minimum atomic E-state index is -0.152. The molecular formula is C42H34N4. The van der Waals surface area contributed by atoms with Crippen molar-refractivity contribution in [1.82, 2.24) is 4.98 Å². The van der Waals surface area contributed by atoms with Gasteiger partial charge in [-0.25, -0.2) is 9.83 Å². The number of hydrogen-bond acceptors (Lipinski definition) is 3. The van der Waals surface area contributed by atoms with Gasteiger partial charge in [0.1, 0.15) is 5.82 Å². The summed E-state index contributed by atoms with van der Waals surface area (Å²) in [6.45, 7) is 17.4. The summed E-state index contributed by atoms with van der Waals surface area (Å²) in [6, 6.07) is 44.7. The molecule has 0 saturated carbocycles. The topological polar surface area (TPSA) is 23.7 Å². The monoisotopic (exact) mass is 594 g/mol. The lowest BCUT2D eigenvalue weighted by molar-refractivity contribution is 0.631. The van der Waals surface area contributed by atoms with E-state index in [1.807, 2.05) is 12.3 Å². The molecule has 5 aromatic carbocycles. The molecule has 6 aromatic rings. The van der Waals surface area contributed by atoms with Crippen molar-refractivity contribution < 1.29 is 0 Å². The van der Waals surface area contributed by atoms with E-state index in [2.05, 4.69) is 164 Å². The van der Waals surface area contributed by atoms with Crippen LogP contribution < -0.4 is 9.80 Å². The molecule has 0 N–H and O–H groups in total. The Kier molecular flexibility index (Phi) is 6.17. The van der Waals surface area contributed by atoms with E-state index in [9.17, 15) is 0 Å². The molecule has 0 saturated heterocycles. The van der Waals surface area contributed by atoms with Crippen LogP contribution in [-0.2, 0) is 10.8 Å². The van der Waals surface area contributed by atoms with Crippen LogP contribution in [0.15, 0.2) is 134 Å². The van der Waals surface area contributed by atoms with E-state index < -0.39 is 0 Å². The van der Waals surface area contributed by atoms with Crippen molar-refractivity contribution in [3.8, 4) is 11.1 Å². The van der Waals surface area contributed by atoms with Crippen LogP contribution in [0.4, 0.5) is 39.9 Å². The summed E-state index contributed by atoms with van der Waals surface area (Å²) in [7, 11) is 0. The highest BCUT2D eigenvalue weighted by Crippen LogP contribution is 2.54. The fourth-order valence-corrected chi connectivity index (χ4v) is 7.52. The lowest BCUT2D eigenvalue weighted by Crippen LogP contribution is -2.30. The summed E-state index contributed by atoms with van der Waals surface area (Å²) in [5, 5.41) is 0. The third kappa shape index (κ3) is 4.02. The molecule has 1 aromatic heterocycles. The molecule has 0 amide bonds. The maximum absolute atomic E-state index is 8.22. The highest BCUT2D eigenvalue weighted by Gasteiger charge is 2.38. The van der Waals surface area contributed by atoms with E-state index in [1.165, 1.54) is 22.3 Å². The van der Waals surface area contributed by atoms with Crippen LogP contribution in [0.2, 0.25) is 0 Å². The van der Waals surface area contributed by atoms with Crippen LogP contribution in [0.5, 0.6) is 0 Å². The highest BCUT2D eigenvalue weighted by atomic mass is 15.2. The largest absolute Gasteiger partial charge is 0.320 e. The van der Waals surface area contributed by atoms with Crippen LogP contribution >= 0.6 is 0 Å². The van der Waals surface area contributed by atoms with Gasteiger partial charge in [-0.05, 0) is 81.9 Å². The van der Waals surface area contributed by atoms with Gasteiger partial charge < -0.3 is 4.90 Å². The summed E-state index contributed by atoms with van der Waals surface area (Å²) in [5.74, 6) is 0.866. The zero-order valence-corrected chi connectivity index (χ0v) is 26.5. The minimum absolute atomic E-state index is 0.118. The van der Waals surface area contributed by atoms with Crippen LogP contribution in [-0.4, -0.2) is 4.98 Å². The predicted octanol–water partition coefficient (Wildman–Crippen LogP) is 11.5. The van der Waals surface area contributed by atoms with Gasteiger partial charge >= 0.3 is 0 Å². The molecule has 0 radical (unpaired) electrons. The minimum Gasteiger partial charge on any atom is -0.320 e. The van der Waals surface area contributed by atoms with Crippen molar-refractivity contribution in [3.05, 3.63) is 167 Å². The first-order valence-corrected chi connectivity index (χ1v) is 15.8. The van der Waals surface area contributed by atoms with Crippen molar-refractivity contribution in [3.63, 3.8) is 0 Å². The molecule has 0 atom stereocenters. The SMILES string of the molecule is [C-]#[N+]c1cc(-c2ccc(N3c4ccccc4C(C)(C)c4ccccc43)nc2)ccc1N1c2ccccc2C(C)(C)c2ccccc21. The molecule has 3 heterocycles. The number of anilines is 6. The Morgan fingerprint density at radius 1 is 0.500 bits per heavy atom. The van der Waals surface area contributed by atoms with Crippen LogP contribution in [0.1, 0.15) is 49.9 Å². The lowest BCUT2D eigenvalue weighted by atomic mass is 9.73. The molecular weight excluding hydrogens is 560 g/mol. The van der Waals surface area contributed by atoms with Gasteiger partial charge in [0.25, 0.3) is 0 Å². The fourth-order valence-electron chi connectivity index (χ4n) is 7.52. The van der Waals surface area contributed by atoms with Gasteiger partial charge in [-0.1, -0.05) is 107 Å². The van der Waals surface area contributed by atoms with Crippen LogP contribution in [0.3, 0.4) is 0 Å². The number of nitrogens with zero attached hydrogens (tertiary/aromatic N) is 4. The smallest absolute Gasteiger partial charge is 0.211 e. The fraction of sp³-hybridized carbons (Fsp3) is 0.143. The highest BCUT2D eigenvalue weighted by molar-refractivity contribution is 5.92. The number of fused-ring (bicyclic) bond motifs is 4. The predicted molar refractivity (Wildman–Crippen MR) is 190 cm³/mol. The van der Waals surface area contributed by atoms with Crippen LogP contribution in [0.25, 0.3) is 16.0 Å². The number of hydrogen-bond donors (Lipinski definition) is 0. The Balaban J connectivity index is 1.20. The second-order valence-corrected chi connectivity index (χ2v) is 13.2. The molecule has 0 spiro atoms. The first-order valence-electron chi connectivity index (χ1n) is 15.8. The molecule has 2 aliphatic rings. The quantitative estimate of drug-likeness (QED) is 0.190. The summed E-state index contributed by atoms with van der Waals surface area (Å²) in [4.78, 5) is 13.6. The molecule has 0 fully saturated rings. The normalized spacial score (nSPS) is 15.2. The average molecular weight is 595 g/mol. The Hall–Kier alpha value is -5.66. The van der Waals surface area contributed by atoms with Gasteiger partial charge in [0.15, 0.2) is 0 Å². The Morgan fingerprint density at radius 2 is 0.935 bits per heavy atom. The van der Waals surface area contributed by atoms with E-state index in [4.69, 9.17) is 11.6 Å². The number of para-hydroxylation sites is 4. The number of aromatic nitrogens is 1. The van der Waals surface area contributed by atoms with Gasteiger partial charge in [0, 0.05) is 28.4 Å². The Labute approximate surface area is 271 Å².